The van der Waals surface area contributed by atoms with E-state index in [4.69, 9.17) is 16.3 Å². The average molecular weight is 437 g/mol. The van der Waals surface area contributed by atoms with Crippen molar-refractivity contribution in [1.82, 2.24) is 10.2 Å². The average Bonchev–Trinajstić information content (AvgIpc) is 2.81. The number of nitrogens with one attached hydrogen (secondary N) is 1. The standard InChI is InChI=1S/C25H25ClN2O3/c1-19(25(30)27-16-20-10-4-2-5-11-20)28(17-21-12-6-3-7-13-21)24(29)18-31-23-15-9-8-14-22(23)26/h2-15,19H,16-18H2,1H3,(H,27,30)/t19-/m0/s1. The van der Waals surface area contributed by atoms with Crippen LogP contribution in [-0.2, 0) is 22.7 Å². The van der Waals surface area contributed by atoms with Crippen LogP contribution in [0.15, 0.2) is 84.9 Å². The van der Waals surface area contributed by atoms with Crippen LogP contribution < -0.4 is 10.1 Å². The number of carbonyl (C=O) groups is 2. The molecule has 0 saturated heterocycles. The van der Waals surface area contributed by atoms with E-state index in [2.05, 4.69) is 5.32 Å². The highest BCUT2D eigenvalue weighted by Crippen LogP contribution is 2.23. The molecule has 0 aliphatic heterocycles. The zero-order chi connectivity index (χ0) is 22.1. The molecule has 0 aromatic heterocycles. The Balaban J connectivity index is 1.69. The van der Waals surface area contributed by atoms with E-state index in [1.807, 2.05) is 60.7 Å². The summed E-state index contributed by atoms with van der Waals surface area (Å²) in [6, 6.07) is 25.5. The van der Waals surface area contributed by atoms with Crippen molar-refractivity contribution >= 4 is 23.4 Å². The Hall–Kier alpha value is -3.31. The molecule has 1 N–H and O–H groups in total. The highest BCUT2D eigenvalue weighted by atomic mass is 35.5. The number of para-hydroxylation sites is 1. The predicted molar refractivity (Wildman–Crippen MR) is 122 cm³/mol. The molecule has 6 heteroatoms. The molecule has 1 atom stereocenters. The lowest BCUT2D eigenvalue weighted by Gasteiger charge is -2.28. The molecule has 0 spiro atoms. The Labute approximate surface area is 187 Å². The quantitative estimate of drug-likeness (QED) is 0.539. The van der Waals surface area contributed by atoms with E-state index in [0.29, 0.717) is 23.9 Å². The molecule has 0 bridgehead atoms. The zero-order valence-corrected chi connectivity index (χ0v) is 18.1. The number of ether oxygens (including phenoxy) is 1. The maximum atomic E-state index is 13.0. The number of rotatable bonds is 9. The van der Waals surface area contributed by atoms with Gasteiger partial charge in [0, 0.05) is 13.1 Å². The lowest BCUT2D eigenvalue weighted by atomic mass is 10.1. The minimum Gasteiger partial charge on any atom is -0.482 e. The van der Waals surface area contributed by atoms with Crippen LogP contribution in [0.5, 0.6) is 5.75 Å². The van der Waals surface area contributed by atoms with Gasteiger partial charge in [0.1, 0.15) is 11.8 Å². The zero-order valence-electron chi connectivity index (χ0n) is 17.3. The van der Waals surface area contributed by atoms with Gasteiger partial charge in [0.25, 0.3) is 5.91 Å². The van der Waals surface area contributed by atoms with Gasteiger partial charge in [-0.3, -0.25) is 9.59 Å². The summed E-state index contributed by atoms with van der Waals surface area (Å²) in [4.78, 5) is 27.4. The second kappa shape index (κ2) is 11.2. The maximum absolute atomic E-state index is 13.0. The number of carbonyl (C=O) groups excluding carboxylic acids is 2. The van der Waals surface area contributed by atoms with Crippen LogP contribution in [0.1, 0.15) is 18.1 Å². The molecule has 3 aromatic rings. The van der Waals surface area contributed by atoms with Gasteiger partial charge in [0.05, 0.1) is 5.02 Å². The summed E-state index contributed by atoms with van der Waals surface area (Å²) < 4.78 is 5.62. The Bertz CT molecular complexity index is 996. The number of hydrogen-bond acceptors (Lipinski definition) is 3. The molecular formula is C25H25ClN2O3. The minimum absolute atomic E-state index is 0.215. The van der Waals surface area contributed by atoms with Crippen LogP contribution >= 0.6 is 11.6 Å². The van der Waals surface area contributed by atoms with E-state index < -0.39 is 6.04 Å². The van der Waals surface area contributed by atoms with Crippen molar-refractivity contribution in [1.29, 1.82) is 0 Å². The smallest absolute Gasteiger partial charge is 0.261 e. The Morgan fingerprint density at radius 3 is 2.13 bits per heavy atom. The van der Waals surface area contributed by atoms with Gasteiger partial charge in [-0.15, -0.1) is 0 Å². The van der Waals surface area contributed by atoms with Crippen LogP contribution in [0.3, 0.4) is 0 Å². The van der Waals surface area contributed by atoms with E-state index in [1.54, 1.807) is 31.2 Å². The third kappa shape index (κ3) is 6.59. The number of hydrogen-bond donors (Lipinski definition) is 1. The van der Waals surface area contributed by atoms with Gasteiger partial charge in [0.2, 0.25) is 5.91 Å². The summed E-state index contributed by atoms with van der Waals surface area (Å²) in [5.41, 5.74) is 1.92. The van der Waals surface area contributed by atoms with Crippen molar-refractivity contribution in [2.75, 3.05) is 6.61 Å². The van der Waals surface area contributed by atoms with Gasteiger partial charge in [-0.2, -0.15) is 0 Å². The summed E-state index contributed by atoms with van der Waals surface area (Å²) in [6.45, 7) is 2.20. The van der Waals surface area contributed by atoms with E-state index >= 15 is 0 Å². The lowest BCUT2D eigenvalue weighted by molar-refractivity contribution is -0.142. The van der Waals surface area contributed by atoms with E-state index in [9.17, 15) is 9.59 Å². The first-order chi connectivity index (χ1) is 15.0. The molecule has 0 aliphatic carbocycles. The Kier molecular flexibility index (Phi) is 8.07. The van der Waals surface area contributed by atoms with Crippen LogP contribution in [-0.4, -0.2) is 29.4 Å². The van der Waals surface area contributed by atoms with Crippen LogP contribution in [0, 0.1) is 0 Å². The molecule has 0 fully saturated rings. The van der Waals surface area contributed by atoms with E-state index in [0.717, 1.165) is 11.1 Å². The molecule has 160 valence electrons. The van der Waals surface area contributed by atoms with E-state index in [-0.39, 0.29) is 18.4 Å². The van der Waals surface area contributed by atoms with Gasteiger partial charge in [0.15, 0.2) is 6.61 Å². The normalized spacial score (nSPS) is 11.4. The van der Waals surface area contributed by atoms with Crippen LogP contribution in [0.25, 0.3) is 0 Å². The molecule has 3 rings (SSSR count). The SMILES string of the molecule is C[C@@H](C(=O)NCc1ccccc1)N(Cc1ccccc1)C(=O)COc1ccccc1Cl. The van der Waals surface area contributed by atoms with Gasteiger partial charge in [-0.25, -0.2) is 0 Å². The summed E-state index contributed by atoms with van der Waals surface area (Å²) in [7, 11) is 0. The fraction of sp³-hybridized carbons (Fsp3) is 0.200. The Morgan fingerprint density at radius 2 is 1.48 bits per heavy atom. The van der Waals surface area contributed by atoms with Crippen molar-refractivity contribution in [3.8, 4) is 5.75 Å². The minimum atomic E-state index is -0.675. The largest absolute Gasteiger partial charge is 0.482 e. The van der Waals surface area contributed by atoms with Gasteiger partial charge in [-0.1, -0.05) is 84.4 Å². The number of halogens is 1. The van der Waals surface area contributed by atoms with Crippen molar-refractivity contribution in [2.45, 2.75) is 26.1 Å². The molecule has 0 unspecified atom stereocenters. The molecule has 5 nitrogen and oxygen atoms in total. The molecule has 0 heterocycles. The highest BCUT2D eigenvalue weighted by molar-refractivity contribution is 6.32. The molecular weight excluding hydrogens is 412 g/mol. The monoisotopic (exact) mass is 436 g/mol. The summed E-state index contributed by atoms with van der Waals surface area (Å²) in [5, 5.41) is 3.34. The molecule has 0 radical (unpaired) electrons. The number of nitrogens with zero attached hydrogens (tertiary/aromatic N) is 1. The third-order valence-corrected chi connectivity index (χ3v) is 5.17. The first kappa shape index (κ1) is 22.4. The number of benzene rings is 3. The van der Waals surface area contributed by atoms with Crippen molar-refractivity contribution in [2.24, 2.45) is 0 Å². The second-order valence-corrected chi connectivity index (χ2v) is 7.51. The van der Waals surface area contributed by atoms with E-state index in [1.165, 1.54) is 4.90 Å². The predicted octanol–water partition coefficient (Wildman–Crippen LogP) is 4.45. The van der Waals surface area contributed by atoms with Crippen molar-refractivity contribution < 1.29 is 14.3 Å². The number of amides is 2. The summed E-state index contributed by atoms with van der Waals surface area (Å²) in [5.74, 6) is -0.102. The molecule has 31 heavy (non-hydrogen) atoms. The molecule has 0 saturated carbocycles. The van der Waals surface area contributed by atoms with Crippen molar-refractivity contribution in [3.63, 3.8) is 0 Å². The first-order valence-electron chi connectivity index (χ1n) is 10.1. The van der Waals surface area contributed by atoms with Crippen molar-refractivity contribution in [3.05, 3.63) is 101 Å². The molecule has 3 aromatic carbocycles. The Morgan fingerprint density at radius 1 is 0.903 bits per heavy atom. The lowest BCUT2D eigenvalue weighted by Crippen LogP contribution is -2.48. The first-order valence-corrected chi connectivity index (χ1v) is 10.4. The fourth-order valence-electron chi connectivity index (χ4n) is 3.08. The van der Waals surface area contributed by atoms with Gasteiger partial charge in [-0.05, 0) is 30.2 Å². The van der Waals surface area contributed by atoms with Gasteiger partial charge >= 0.3 is 0 Å². The second-order valence-electron chi connectivity index (χ2n) is 7.11. The highest BCUT2D eigenvalue weighted by Gasteiger charge is 2.26. The summed E-state index contributed by atoms with van der Waals surface area (Å²) >= 11 is 6.12. The summed E-state index contributed by atoms with van der Waals surface area (Å²) in [6.07, 6.45) is 0. The molecule has 2 amide bonds. The van der Waals surface area contributed by atoms with Gasteiger partial charge < -0.3 is 15.0 Å². The topological polar surface area (TPSA) is 58.6 Å². The maximum Gasteiger partial charge on any atom is 0.261 e. The van der Waals surface area contributed by atoms with Crippen LogP contribution in [0.4, 0.5) is 0 Å². The molecule has 0 aliphatic rings. The van der Waals surface area contributed by atoms with Crippen LogP contribution in [0.2, 0.25) is 5.02 Å². The fourth-order valence-corrected chi connectivity index (χ4v) is 3.27. The third-order valence-electron chi connectivity index (χ3n) is 4.86.